The summed E-state index contributed by atoms with van der Waals surface area (Å²) in [6, 6.07) is 73.7. The van der Waals surface area contributed by atoms with Gasteiger partial charge in [-0.3, -0.25) is 0 Å². The zero-order chi connectivity index (χ0) is 44.0. The normalized spacial score (nSPS) is 15.0. The van der Waals surface area contributed by atoms with Crippen molar-refractivity contribution < 1.29 is 4.74 Å². The van der Waals surface area contributed by atoms with Gasteiger partial charge in [0.1, 0.15) is 11.5 Å². The lowest BCUT2D eigenvalue weighted by Gasteiger charge is -2.39. The van der Waals surface area contributed by atoms with Crippen molar-refractivity contribution in [2.24, 2.45) is 0 Å². The Morgan fingerprint density at radius 2 is 0.615 bits per heavy atom. The van der Waals surface area contributed by atoms with Crippen molar-refractivity contribution in [1.82, 2.24) is 0 Å². The largest absolute Gasteiger partial charge is 0.457 e. The van der Waals surface area contributed by atoms with Crippen LogP contribution < -0.4 is 4.74 Å². The summed E-state index contributed by atoms with van der Waals surface area (Å²) in [5, 5.41) is 0. The van der Waals surface area contributed by atoms with Crippen LogP contribution >= 0.6 is 0 Å². The fourth-order valence-electron chi connectivity index (χ4n) is 12.3. The van der Waals surface area contributed by atoms with E-state index in [0.29, 0.717) is 0 Å². The molecule has 2 spiro atoms. The highest BCUT2D eigenvalue weighted by atomic mass is 16.5. The molecule has 9 aromatic carbocycles. The highest BCUT2D eigenvalue weighted by molar-refractivity contribution is 5.97. The van der Waals surface area contributed by atoms with E-state index in [1.54, 1.807) is 0 Å². The third-order valence-corrected chi connectivity index (χ3v) is 15.3. The molecule has 1 nitrogen and oxygen atoms in total. The molecular weight excluding hydrogens is 785 g/mol. The minimum atomic E-state index is -0.533. The first-order valence-electron chi connectivity index (χ1n) is 23.2. The van der Waals surface area contributed by atoms with Crippen LogP contribution in [0.25, 0.3) is 55.6 Å². The van der Waals surface area contributed by atoms with Gasteiger partial charge in [0.25, 0.3) is 0 Å². The van der Waals surface area contributed by atoms with Crippen LogP contribution in [0.4, 0.5) is 0 Å². The molecule has 13 rings (SSSR count). The fourth-order valence-corrected chi connectivity index (χ4v) is 12.3. The molecule has 0 saturated heterocycles. The molecular formula is C64H50O. The van der Waals surface area contributed by atoms with E-state index >= 15 is 0 Å². The van der Waals surface area contributed by atoms with Gasteiger partial charge < -0.3 is 4.74 Å². The zero-order valence-electron chi connectivity index (χ0n) is 37.9. The maximum Gasteiger partial charge on any atom is 0.132 e. The van der Waals surface area contributed by atoms with Gasteiger partial charge in [-0.15, -0.1) is 0 Å². The average molecular weight is 835 g/mol. The van der Waals surface area contributed by atoms with Crippen molar-refractivity contribution in [3.05, 3.63) is 250 Å². The van der Waals surface area contributed by atoms with Crippen LogP contribution in [0, 0.1) is 0 Å². The molecule has 1 heteroatoms. The molecule has 0 aromatic heterocycles. The van der Waals surface area contributed by atoms with E-state index in [2.05, 4.69) is 236 Å². The number of hydrogen-bond donors (Lipinski definition) is 0. The third-order valence-electron chi connectivity index (χ3n) is 15.3. The molecule has 3 aliphatic carbocycles. The number of fused-ring (bicyclic) bond motifs is 19. The topological polar surface area (TPSA) is 9.23 Å². The molecule has 0 bridgehead atoms. The van der Waals surface area contributed by atoms with Gasteiger partial charge in [-0.25, -0.2) is 0 Å². The predicted molar refractivity (Wildman–Crippen MR) is 268 cm³/mol. The molecule has 9 aromatic rings. The molecule has 312 valence electrons. The van der Waals surface area contributed by atoms with Gasteiger partial charge in [-0.05, 0) is 135 Å². The van der Waals surface area contributed by atoms with Crippen molar-refractivity contribution in [2.45, 2.75) is 63.2 Å². The Hall–Kier alpha value is -7.22. The second-order valence-electron chi connectivity index (χ2n) is 20.8. The lowest BCUT2D eigenvalue weighted by molar-refractivity contribution is 0.436. The van der Waals surface area contributed by atoms with Crippen molar-refractivity contribution in [1.29, 1.82) is 0 Å². The van der Waals surface area contributed by atoms with Crippen LogP contribution in [0.15, 0.2) is 194 Å². The second-order valence-corrected chi connectivity index (χ2v) is 20.8. The maximum absolute atomic E-state index is 6.85. The summed E-state index contributed by atoms with van der Waals surface area (Å²) >= 11 is 0. The molecule has 1 aliphatic heterocycles. The Morgan fingerprint density at radius 3 is 1.11 bits per heavy atom. The lowest BCUT2D eigenvalue weighted by atomic mass is 9.65. The Labute approximate surface area is 383 Å². The fraction of sp³-hybridized carbons (Fsp3) is 0.156. The smallest absolute Gasteiger partial charge is 0.132 e. The summed E-state index contributed by atoms with van der Waals surface area (Å²) < 4.78 is 6.85. The molecule has 0 N–H and O–H groups in total. The minimum absolute atomic E-state index is 0.00741. The summed E-state index contributed by atoms with van der Waals surface area (Å²) in [7, 11) is 0. The first kappa shape index (κ1) is 38.3. The lowest BCUT2D eigenvalue weighted by Crippen LogP contribution is -2.32. The van der Waals surface area contributed by atoms with E-state index in [0.717, 1.165) is 11.5 Å². The molecule has 0 amide bonds. The number of ether oxygens (including phenoxy) is 1. The quantitative estimate of drug-likeness (QED) is 0.169. The van der Waals surface area contributed by atoms with Crippen LogP contribution in [-0.2, 0) is 21.7 Å². The van der Waals surface area contributed by atoms with Crippen LogP contribution in [0.1, 0.15) is 97.2 Å². The number of para-hydroxylation sites is 1. The van der Waals surface area contributed by atoms with E-state index in [1.165, 1.54) is 111 Å². The van der Waals surface area contributed by atoms with Gasteiger partial charge in [-0.2, -0.15) is 0 Å². The van der Waals surface area contributed by atoms with E-state index in [-0.39, 0.29) is 10.8 Å². The zero-order valence-corrected chi connectivity index (χ0v) is 37.9. The van der Waals surface area contributed by atoms with E-state index in [9.17, 15) is 0 Å². The Morgan fingerprint density at radius 1 is 0.277 bits per heavy atom. The molecule has 65 heavy (non-hydrogen) atoms. The van der Waals surface area contributed by atoms with Gasteiger partial charge in [0.05, 0.1) is 10.8 Å². The highest BCUT2D eigenvalue weighted by Crippen LogP contribution is 2.65. The van der Waals surface area contributed by atoms with Crippen LogP contribution in [0.3, 0.4) is 0 Å². The summed E-state index contributed by atoms with van der Waals surface area (Å²) in [6.07, 6.45) is 0. The molecule has 1 heterocycles. The van der Waals surface area contributed by atoms with Gasteiger partial charge in [0.2, 0.25) is 0 Å². The summed E-state index contributed by atoms with van der Waals surface area (Å²) in [4.78, 5) is 0. The monoisotopic (exact) mass is 834 g/mol. The van der Waals surface area contributed by atoms with Crippen molar-refractivity contribution in [2.75, 3.05) is 0 Å². The van der Waals surface area contributed by atoms with E-state index in [1.807, 2.05) is 0 Å². The minimum Gasteiger partial charge on any atom is -0.457 e. The number of rotatable bonds is 2. The average Bonchev–Trinajstić information content (AvgIpc) is 3.90. The van der Waals surface area contributed by atoms with Gasteiger partial charge in [0, 0.05) is 11.1 Å². The standard InChI is InChI=1S/C64H50O/c1-61(2,3)41-29-32-49-50-33-30-42(62(4,5)6)38-57(50)64(56(49)37-41)53-24-14-11-21-47(53)48-31-27-39(35-55(48)64)43-17-7-8-18-44(43)40-28-34-60-58(36-40)63(54-25-15-16-26-59(54)65-60)51-22-12-9-19-45(51)46-20-10-13-23-52(46)63/h7-38H,1-6H3. The second kappa shape index (κ2) is 13.2. The summed E-state index contributed by atoms with van der Waals surface area (Å²) in [5.74, 6) is 1.81. The van der Waals surface area contributed by atoms with Gasteiger partial charge in [-0.1, -0.05) is 211 Å². The van der Waals surface area contributed by atoms with E-state index in [4.69, 9.17) is 4.74 Å². The predicted octanol–water partition coefficient (Wildman–Crippen LogP) is 16.4. The first-order valence-corrected chi connectivity index (χ1v) is 23.2. The van der Waals surface area contributed by atoms with Gasteiger partial charge in [0.15, 0.2) is 0 Å². The number of hydrogen-bond acceptors (Lipinski definition) is 1. The number of benzene rings is 9. The summed E-state index contributed by atoms with van der Waals surface area (Å²) in [6.45, 7) is 14.0. The molecule has 0 fully saturated rings. The van der Waals surface area contributed by atoms with Crippen LogP contribution in [0.2, 0.25) is 0 Å². The molecule has 0 radical (unpaired) electrons. The van der Waals surface area contributed by atoms with Crippen molar-refractivity contribution in [3.63, 3.8) is 0 Å². The Balaban J connectivity index is 1.05. The molecule has 0 atom stereocenters. The molecule has 0 saturated carbocycles. The maximum atomic E-state index is 6.85. The van der Waals surface area contributed by atoms with Crippen LogP contribution in [0.5, 0.6) is 11.5 Å². The Bertz CT molecular complexity index is 3380. The van der Waals surface area contributed by atoms with Crippen molar-refractivity contribution >= 4 is 0 Å². The SMILES string of the molecule is CC(C)(C)c1ccc2c(c1)C1(c3ccccc3-c3ccc(-c4ccccc4-c4ccc5c(c4)C4(c6ccccc6O5)c5ccccc5-c5ccccc54)cc31)c1cc(C(C)(C)C)ccc1-2. The van der Waals surface area contributed by atoms with Crippen LogP contribution in [-0.4, -0.2) is 0 Å². The molecule has 0 unspecified atom stereocenters. The molecule has 4 aliphatic rings. The van der Waals surface area contributed by atoms with E-state index < -0.39 is 10.8 Å². The first-order chi connectivity index (χ1) is 31.5. The summed E-state index contributed by atoms with van der Waals surface area (Å²) in [5.41, 5.74) is 24.8. The Kier molecular flexibility index (Phi) is 7.76. The highest BCUT2D eigenvalue weighted by Gasteiger charge is 2.53. The van der Waals surface area contributed by atoms with Crippen molar-refractivity contribution in [3.8, 4) is 67.1 Å². The van der Waals surface area contributed by atoms with Gasteiger partial charge >= 0.3 is 0 Å². The third kappa shape index (κ3) is 5.04.